The van der Waals surface area contributed by atoms with E-state index in [0.29, 0.717) is 21.8 Å². The Labute approximate surface area is 175 Å². The molecule has 0 bridgehead atoms. The van der Waals surface area contributed by atoms with Crippen molar-refractivity contribution in [2.45, 2.75) is 13.1 Å². The number of benzene rings is 2. The molecule has 29 heavy (non-hydrogen) atoms. The van der Waals surface area contributed by atoms with Gasteiger partial charge >= 0.3 is 0 Å². The van der Waals surface area contributed by atoms with Gasteiger partial charge in [-0.3, -0.25) is 9.59 Å². The average molecular weight is 425 g/mol. The van der Waals surface area contributed by atoms with Gasteiger partial charge in [0.15, 0.2) is 5.75 Å². The molecule has 2 aromatic heterocycles. The molecule has 0 saturated carbocycles. The molecule has 2 aromatic carbocycles. The first-order valence-electron chi connectivity index (χ1n) is 8.94. The second-order valence-corrected chi connectivity index (χ2v) is 7.90. The Kier molecular flexibility index (Phi) is 5.38. The van der Waals surface area contributed by atoms with Gasteiger partial charge < -0.3 is 15.0 Å². The number of nitrogens with zero attached hydrogens (tertiary/aromatic N) is 1. The summed E-state index contributed by atoms with van der Waals surface area (Å²) >= 11 is 7.17. The van der Waals surface area contributed by atoms with Crippen LogP contribution in [0.3, 0.4) is 0 Å². The maximum atomic E-state index is 13.1. The Bertz CT molecular complexity index is 1230. The SMILES string of the molecule is O=C(NCc1ccc(Cl)cc1)c1c(O)c2sccc2n(Cc2ccccc2)c1=O. The van der Waals surface area contributed by atoms with Gasteiger partial charge in [0.05, 0.1) is 16.8 Å². The Morgan fingerprint density at radius 2 is 1.76 bits per heavy atom. The third-order valence-electron chi connectivity index (χ3n) is 4.62. The van der Waals surface area contributed by atoms with E-state index in [-0.39, 0.29) is 17.9 Å². The van der Waals surface area contributed by atoms with Crippen LogP contribution >= 0.6 is 22.9 Å². The summed E-state index contributed by atoms with van der Waals surface area (Å²) in [7, 11) is 0. The van der Waals surface area contributed by atoms with Crippen molar-refractivity contribution in [2.75, 3.05) is 0 Å². The number of aromatic nitrogens is 1. The predicted molar refractivity (Wildman–Crippen MR) is 116 cm³/mol. The minimum atomic E-state index is -0.612. The zero-order chi connectivity index (χ0) is 20.4. The summed E-state index contributed by atoms with van der Waals surface area (Å²) in [5.74, 6) is -0.891. The van der Waals surface area contributed by atoms with E-state index in [1.807, 2.05) is 30.3 Å². The van der Waals surface area contributed by atoms with Gasteiger partial charge in [-0.25, -0.2) is 0 Å². The number of aromatic hydroxyl groups is 1. The molecule has 146 valence electrons. The zero-order valence-electron chi connectivity index (χ0n) is 15.3. The van der Waals surface area contributed by atoms with Crippen LogP contribution in [0.4, 0.5) is 0 Å². The third kappa shape index (κ3) is 3.90. The molecule has 0 saturated heterocycles. The fraction of sp³-hybridized carbons (Fsp3) is 0.0909. The molecule has 0 atom stereocenters. The molecule has 2 N–H and O–H groups in total. The Morgan fingerprint density at radius 1 is 1.03 bits per heavy atom. The summed E-state index contributed by atoms with van der Waals surface area (Å²) in [6, 6.07) is 18.3. The topological polar surface area (TPSA) is 71.3 Å². The standard InChI is InChI=1S/C22H17ClN2O3S/c23-16-8-6-14(7-9-16)12-24-21(27)18-19(26)20-17(10-11-29-20)25(22(18)28)13-15-4-2-1-3-5-15/h1-11,26H,12-13H2,(H,24,27). The van der Waals surface area contributed by atoms with Crippen LogP contribution in [0.25, 0.3) is 10.2 Å². The average Bonchev–Trinajstić information content (AvgIpc) is 3.22. The number of carbonyl (C=O) groups is 1. The van der Waals surface area contributed by atoms with Crippen LogP contribution in [-0.2, 0) is 13.1 Å². The Morgan fingerprint density at radius 3 is 2.48 bits per heavy atom. The van der Waals surface area contributed by atoms with Gasteiger partial charge in [-0.2, -0.15) is 0 Å². The molecule has 0 spiro atoms. The molecule has 2 heterocycles. The fourth-order valence-corrected chi connectivity index (χ4v) is 4.12. The summed E-state index contributed by atoms with van der Waals surface area (Å²) in [6.45, 7) is 0.528. The minimum Gasteiger partial charge on any atom is -0.505 e. The summed E-state index contributed by atoms with van der Waals surface area (Å²) in [4.78, 5) is 25.9. The number of pyridine rings is 1. The molecule has 0 unspecified atom stereocenters. The van der Waals surface area contributed by atoms with Gasteiger partial charge in [0.25, 0.3) is 11.5 Å². The number of hydrogen-bond acceptors (Lipinski definition) is 4. The number of rotatable bonds is 5. The Balaban J connectivity index is 1.70. The molecule has 7 heteroatoms. The summed E-state index contributed by atoms with van der Waals surface area (Å²) < 4.78 is 2.04. The van der Waals surface area contributed by atoms with E-state index >= 15 is 0 Å². The highest BCUT2D eigenvalue weighted by Gasteiger charge is 2.23. The molecular formula is C22H17ClN2O3S. The molecule has 0 aliphatic carbocycles. The van der Waals surface area contributed by atoms with Crippen molar-refractivity contribution >= 4 is 39.1 Å². The van der Waals surface area contributed by atoms with Crippen molar-refractivity contribution < 1.29 is 9.90 Å². The largest absolute Gasteiger partial charge is 0.505 e. The number of nitrogens with one attached hydrogen (secondary N) is 1. The molecule has 4 aromatic rings. The highest BCUT2D eigenvalue weighted by atomic mass is 35.5. The van der Waals surface area contributed by atoms with Crippen molar-refractivity contribution in [3.05, 3.63) is 98.1 Å². The molecule has 0 aliphatic rings. The van der Waals surface area contributed by atoms with E-state index in [1.54, 1.807) is 35.7 Å². The summed E-state index contributed by atoms with van der Waals surface area (Å²) in [5, 5.41) is 15.7. The van der Waals surface area contributed by atoms with Crippen LogP contribution in [0, 0.1) is 0 Å². The van der Waals surface area contributed by atoms with Crippen molar-refractivity contribution in [1.29, 1.82) is 0 Å². The molecule has 0 radical (unpaired) electrons. The Hall–Kier alpha value is -3.09. The molecule has 1 amide bonds. The van der Waals surface area contributed by atoms with E-state index in [9.17, 15) is 14.7 Å². The van der Waals surface area contributed by atoms with Crippen LogP contribution in [0.5, 0.6) is 5.75 Å². The van der Waals surface area contributed by atoms with Crippen LogP contribution < -0.4 is 10.9 Å². The lowest BCUT2D eigenvalue weighted by atomic mass is 10.1. The third-order valence-corrected chi connectivity index (χ3v) is 5.79. The first kappa shape index (κ1) is 19.2. The lowest BCUT2D eigenvalue weighted by Crippen LogP contribution is -2.33. The van der Waals surface area contributed by atoms with E-state index in [1.165, 1.54) is 15.9 Å². The minimum absolute atomic E-state index is 0.218. The van der Waals surface area contributed by atoms with Crippen LogP contribution in [0.1, 0.15) is 21.5 Å². The van der Waals surface area contributed by atoms with Crippen LogP contribution in [0.15, 0.2) is 70.8 Å². The first-order valence-corrected chi connectivity index (χ1v) is 10.2. The second kappa shape index (κ2) is 8.11. The van der Waals surface area contributed by atoms with Crippen LogP contribution in [-0.4, -0.2) is 15.6 Å². The van der Waals surface area contributed by atoms with E-state index in [0.717, 1.165) is 11.1 Å². The monoisotopic (exact) mass is 424 g/mol. The smallest absolute Gasteiger partial charge is 0.268 e. The van der Waals surface area contributed by atoms with Gasteiger partial charge in [-0.1, -0.05) is 54.1 Å². The number of carbonyl (C=O) groups excluding carboxylic acids is 1. The maximum Gasteiger partial charge on any atom is 0.268 e. The second-order valence-electron chi connectivity index (χ2n) is 6.54. The maximum absolute atomic E-state index is 13.1. The van der Waals surface area contributed by atoms with Gasteiger partial charge in [0.2, 0.25) is 0 Å². The van der Waals surface area contributed by atoms with E-state index in [4.69, 9.17) is 11.6 Å². The van der Waals surface area contributed by atoms with E-state index < -0.39 is 11.5 Å². The normalized spacial score (nSPS) is 10.9. The number of thiophene rings is 1. The van der Waals surface area contributed by atoms with Gasteiger partial charge in [-0.15, -0.1) is 11.3 Å². The molecular weight excluding hydrogens is 408 g/mol. The fourth-order valence-electron chi connectivity index (χ4n) is 3.15. The quantitative estimate of drug-likeness (QED) is 0.498. The van der Waals surface area contributed by atoms with Gasteiger partial charge in [0, 0.05) is 11.6 Å². The van der Waals surface area contributed by atoms with Crippen LogP contribution in [0.2, 0.25) is 5.02 Å². The molecule has 4 rings (SSSR count). The molecule has 0 aliphatic heterocycles. The lowest BCUT2D eigenvalue weighted by molar-refractivity contribution is 0.0946. The number of hydrogen-bond donors (Lipinski definition) is 2. The highest BCUT2D eigenvalue weighted by Crippen LogP contribution is 2.31. The summed E-state index contributed by atoms with van der Waals surface area (Å²) in [6.07, 6.45) is 0. The number of halogens is 1. The van der Waals surface area contributed by atoms with Crippen molar-refractivity contribution in [2.24, 2.45) is 0 Å². The van der Waals surface area contributed by atoms with Gasteiger partial charge in [0.1, 0.15) is 5.56 Å². The summed E-state index contributed by atoms with van der Waals surface area (Å²) in [5.41, 5.74) is 1.61. The number of fused-ring (bicyclic) bond motifs is 1. The van der Waals surface area contributed by atoms with E-state index in [2.05, 4.69) is 5.32 Å². The zero-order valence-corrected chi connectivity index (χ0v) is 16.8. The molecule has 0 fully saturated rings. The van der Waals surface area contributed by atoms with Crippen molar-refractivity contribution in [3.8, 4) is 5.75 Å². The lowest BCUT2D eigenvalue weighted by Gasteiger charge is -2.13. The first-order chi connectivity index (χ1) is 14.0. The van der Waals surface area contributed by atoms with Gasteiger partial charge in [-0.05, 0) is 34.7 Å². The predicted octanol–water partition coefficient (Wildman–Crippen LogP) is 4.40. The highest BCUT2D eigenvalue weighted by molar-refractivity contribution is 7.17. The van der Waals surface area contributed by atoms with Crippen molar-refractivity contribution in [1.82, 2.24) is 9.88 Å². The van der Waals surface area contributed by atoms with Crippen molar-refractivity contribution in [3.63, 3.8) is 0 Å². The molecule has 5 nitrogen and oxygen atoms in total. The number of amides is 1.